The number of carbonyl (C=O) groups excluding carboxylic acids is 1. The Hall–Kier alpha value is -2.75. The molecule has 2 aromatic carbocycles. The number of rotatable bonds is 4. The van der Waals surface area contributed by atoms with Crippen molar-refractivity contribution in [2.24, 2.45) is 0 Å². The van der Waals surface area contributed by atoms with Gasteiger partial charge in [0.15, 0.2) is 0 Å². The number of benzene rings is 2. The van der Waals surface area contributed by atoms with E-state index in [1.165, 1.54) is 11.3 Å². The standard InChI is InChI=1S/C22H26N2O2/c1-18-4-6-19(7-5-18)8-13-22(25)24-15-3-14-23(16-17-24)20-9-11-21(26-2)12-10-20/h4-13H,3,14-17H2,1-2H3/b13-8+. The van der Waals surface area contributed by atoms with E-state index in [0.717, 1.165) is 43.9 Å². The molecule has 3 rings (SSSR count). The molecule has 0 unspecified atom stereocenters. The lowest BCUT2D eigenvalue weighted by Crippen LogP contribution is -2.34. The first kappa shape index (κ1) is 18.1. The number of ether oxygens (including phenoxy) is 1. The third-order valence-electron chi connectivity index (χ3n) is 4.74. The Balaban J connectivity index is 1.58. The highest BCUT2D eigenvalue weighted by molar-refractivity contribution is 5.91. The third-order valence-corrected chi connectivity index (χ3v) is 4.74. The summed E-state index contributed by atoms with van der Waals surface area (Å²) in [6.45, 7) is 5.39. The molecule has 2 aromatic rings. The second-order valence-corrected chi connectivity index (χ2v) is 6.61. The molecule has 1 amide bonds. The Morgan fingerprint density at radius 1 is 0.962 bits per heavy atom. The van der Waals surface area contributed by atoms with Gasteiger partial charge in [0.2, 0.25) is 5.91 Å². The number of hydrogen-bond donors (Lipinski definition) is 0. The average Bonchev–Trinajstić information content (AvgIpc) is 2.94. The van der Waals surface area contributed by atoms with Gasteiger partial charge in [-0.1, -0.05) is 29.8 Å². The highest BCUT2D eigenvalue weighted by atomic mass is 16.5. The number of carbonyl (C=O) groups is 1. The van der Waals surface area contributed by atoms with Gasteiger partial charge in [0, 0.05) is 37.9 Å². The van der Waals surface area contributed by atoms with Crippen molar-refractivity contribution >= 4 is 17.7 Å². The van der Waals surface area contributed by atoms with Crippen molar-refractivity contribution in [1.82, 2.24) is 4.90 Å². The molecular weight excluding hydrogens is 324 g/mol. The quantitative estimate of drug-likeness (QED) is 0.787. The summed E-state index contributed by atoms with van der Waals surface area (Å²) >= 11 is 0. The summed E-state index contributed by atoms with van der Waals surface area (Å²) in [6, 6.07) is 16.3. The lowest BCUT2D eigenvalue weighted by atomic mass is 10.1. The normalized spacial score (nSPS) is 15.2. The van der Waals surface area contributed by atoms with Crippen LogP contribution in [-0.4, -0.2) is 44.1 Å². The molecule has 0 spiro atoms. The Morgan fingerprint density at radius 3 is 2.38 bits per heavy atom. The van der Waals surface area contributed by atoms with E-state index in [1.54, 1.807) is 13.2 Å². The summed E-state index contributed by atoms with van der Waals surface area (Å²) in [7, 11) is 1.68. The summed E-state index contributed by atoms with van der Waals surface area (Å²) in [5.41, 5.74) is 3.45. The minimum absolute atomic E-state index is 0.0853. The molecule has 0 radical (unpaired) electrons. The van der Waals surface area contributed by atoms with Gasteiger partial charge in [0.25, 0.3) is 0 Å². The highest BCUT2D eigenvalue weighted by Crippen LogP contribution is 2.20. The second-order valence-electron chi connectivity index (χ2n) is 6.61. The number of nitrogens with zero attached hydrogens (tertiary/aromatic N) is 2. The fraction of sp³-hybridized carbons (Fsp3) is 0.318. The van der Waals surface area contributed by atoms with Crippen LogP contribution in [0, 0.1) is 6.92 Å². The first-order chi connectivity index (χ1) is 12.7. The Labute approximate surface area is 155 Å². The molecular formula is C22H26N2O2. The van der Waals surface area contributed by atoms with Crippen LogP contribution in [0.25, 0.3) is 6.08 Å². The van der Waals surface area contributed by atoms with E-state index in [1.807, 2.05) is 35.2 Å². The summed E-state index contributed by atoms with van der Waals surface area (Å²) in [6.07, 6.45) is 4.55. The van der Waals surface area contributed by atoms with Gasteiger partial charge in [-0.2, -0.15) is 0 Å². The lowest BCUT2D eigenvalue weighted by molar-refractivity contribution is -0.125. The molecule has 136 valence electrons. The Morgan fingerprint density at radius 2 is 1.69 bits per heavy atom. The molecule has 0 bridgehead atoms. The topological polar surface area (TPSA) is 32.8 Å². The minimum atomic E-state index is 0.0853. The van der Waals surface area contributed by atoms with E-state index < -0.39 is 0 Å². The molecule has 0 aliphatic carbocycles. The predicted molar refractivity (Wildman–Crippen MR) is 107 cm³/mol. The zero-order valence-electron chi connectivity index (χ0n) is 15.5. The van der Waals surface area contributed by atoms with Gasteiger partial charge in [-0.3, -0.25) is 4.79 Å². The zero-order valence-corrected chi connectivity index (χ0v) is 15.5. The summed E-state index contributed by atoms with van der Waals surface area (Å²) in [5, 5.41) is 0. The van der Waals surface area contributed by atoms with Gasteiger partial charge in [0.1, 0.15) is 5.75 Å². The molecule has 0 saturated carbocycles. The smallest absolute Gasteiger partial charge is 0.246 e. The van der Waals surface area contributed by atoms with E-state index in [4.69, 9.17) is 4.74 Å². The number of methoxy groups -OCH3 is 1. The summed E-state index contributed by atoms with van der Waals surface area (Å²) < 4.78 is 5.22. The molecule has 0 aromatic heterocycles. The second kappa shape index (κ2) is 8.56. The molecule has 1 saturated heterocycles. The molecule has 4 nitrogen and oxygen atoms in total. The maximum absolute atomic E-state index is 12.5. The Kier molecular flexibility index (Phi) is 5.95. The molecule has 1 aliphatic rings. The molecule has 0 atom stereocenters. The van der Waals surface area contributed by atoms with E-state index >= 15 is 0 Å². The Bertz CT molecular complexity index is 751. The van der Waals surface area contributed by atoms with Gasteiger partial charge >= 0.3 is 0 Å². The van der Waals surface area contributed by atoms with Crippen LogP contribution in [0.15, 0.2) is 54.6 Å². The van der Waals surface area contributed by atoms with Crippen LogP contribution in [0.3, 0.4) is 0 Å². The SMILES string of the molecule is COc1ccc(N2CCCN(C(=O)/C=C/c3ccc(C)cc3)CC2)cc1. The molecule has 4 heteroatoms. The van der Waals surface area contributed by atoms with Gasteiger partial charge in [-0.25, -0.2) is 0 Å². The van der Waals surface area contributed by atoms with Crippen LogP contribution in [0.4, 0.5) is 5.69 Å². The number of amides is 1. The van der Waals surface area contributed by atoms with Gasteiger partial charge in [0.05, 0.1) is 7.11 Å². The van der Waals surface area contributed by atoms with Crippen LogP contribution >= 0.6 is 0 Å². The number of aryl methyl sites for hydroxylation is 1. The molecule has 26 heavy (non-hydrogen) atoms. The first-order valence-electron chi connectivity index (χ1n) is 9.08. The molecule has 1 fully saturated rings. The molecule has 1 heterocycles. The van der Waals surface area contributed by atoms with E-state index in [0.29, 0.717) is 0 Å². The zero-order chi connectivity index (χ0) is 18.4. The third kappa shape index (κ3) is 4.66. The van der Waals surface area contributed by atoms with Crippen molar-refractivity contribution in [3.8, 4) is 5.75 Å². The largest absolute Gasteiger partial charge is 0.497 e. The van der Waals surface area contributed by atoms with Crippen molar-refractivity contribution in [2.75, 3.05) is 38.2 Å². The first-order valence-corrected chi connectivity index (χ1v) is 9.08. The molecule has 0 N–H and O–H groups in total. The molecule has 1 aliphatic heterocycles. The maximum atomic E-state index is 12.5. The van der Waals surface area contributed by atoms with Gasteiger partial charge in [-0.15, -0.1) is 0 Å². The fourth-order valence-corrected chi connectivity index (χ4v) is 3.14. The summed E-state index contributed by atoms with van der Waals surface area (Å²) in [4.78, 5) is 16.8. The van der Waals surface area contributed by atoms with E-state index in [9.17, 15) is 4.79 Å². The number of hydrogen-bond acceptors (Lipinski definition) is 3. The number of anilines is 1. The van der Waals surface area contributed by atoms with Crippen LogP contribution in [0.2, 0.25) is 0 Å². The van der Waals surface area contributed by atoms with Crippen LogP contribution in [0.1, 0.15) is 17.5 Å². The van der Waals surface area contributed by atoms with Crippen LogP contribution < -0.4 is 9.64 Å². The van der Waals surface area contributed by atoms with Crippen molar-refractivity contribution < 1.29 is 9.53 Å². The van der Waals surface area contributed by atoms with E-state index in [-0.39, 0.29) is 5.91 Å². The highest BCUT2D eigenvalue weighted by Gasteiger charge is 2.17. The fourth-order valence-electron chi connectivity index (χ4n) is 3.14. The summed E-state index contributed by atoms with van der Waals surface area (Å²) in [5.74, 6) is 0.948. The van der Waals surface area contributed by atoms with E-state index in [2.05, 4.69) is 36.1 Å². The van der Waals surface area contributed by atoms with Crippen molar-refractivity contribution in [3.05, 3.63) is 65.7 Å². The lowest BCUT2D eigenvalue weighted by Gasteiger charge is -2.23. The van der Waals surface area contributed by atoms with Crippen LogP contribution in [-0.2, 0) is 4.79 Å². The van der Waals surface area contributed by atoms with Gasteiger partial charge in [-0.05, 0) is 49.2 Å². The van der Waals surface area contributed by atoms with Crippen LogP contribution in [0.5, 0.6) is 5.75 Å². The maximum Gasteiger partial charge on any atom is 0.246 e. The van der Waals surface area contributed by atoms with Gasteiger partial charge < -0.3 is 14.5 Å². The monoisotopic (exact) mass is 350 g/mol. The van der Waals surface area contributed by atoms with Crippen molar-refractivity contribution in [2.45, 2.75) is 13.3 Å². The minimum Gasteiger partial charge on any atom is -0.497 e. The van der Waals surface area contributed by atoms with Crippen molar-refractivity contribution in [1.29, 1.82) is 0 Å². The van der Waals surface area contributed by atoms with Crippen molar-refractivity contribution in [3.63, 3.8) is 0 Å². The average molecular weight is 350 g/mol. The predicted octanol–water partition coefficient (Wildman–Crippen LogP) is 3.76.